The number of ether oxygens (including phenoxy) is 1. The van der Waals surface area contributed by atoms with Gasteiger partial charge in [0.25, 0.3) is 0 Å². The van der Waals surface area contributed by atoms with Crippen LogP contribution in [0.3, 0.4) is 0 Å². The molecule has 0 fully saturated rings. The summed E-state index contributed by atoms with van der Waals surface area (Å²) in [6.07, 6.45) is 2.26. The molecule has 0 bridgehead atoms. The molecule has 15 heavy (non-hydrogen) atoms. The maximum atomic E-state index is 13.2. The van der Waals surface area contributed by atoms with E-state index in [-0.39, 0.29) is 11.9 Å². The molecular formula is C12H16FNO. The molecule has 1 rings (SSSR count). The highest BCUT2D eigenvalue weighted by molar-refractivity contribution is 5.30. The van der Waals surface area contributed by atoms with Crippen LogP contribution in [0.25, 0.3) is 0 Å². The molecule has 0 amide bonds. The number of rotatable bonds is 5. The van der Waals surface area contributed by atoms with Crippen LogP contribution >= 0.6 is 0 Å². The lowest BCUT2D eigenvalue weighted by Crippen LogP contribution is -2.17. The minimum absolute atomic E-state index is 0.0130. The highest BCUT2D eigenvalue weighted by Crippen LogP contribution is 2.17. The molecule has 1 aromatic carbocycles. The maximum absolute atomic E-state index is 13.2. The first-order valence-electron chi connectivity index (χ1n) is 4.90. The van der Waals surface area contributed by atoms with E-state index in [1.165, 1.54) is 12.1 Å². The van der Waals surface area contributed by atoms with E-state index in [0.717, 1.165) is 5.56 Å². The summed E-state index contributed by atoms with van der Waals surface area (Å²) >= 11 is 0. The van der Waals surface area contributed by atoms with Crippen LogP contribution in [0.2, 0.25) is 0 Å². The second-order valence-corrected chi connectivity index (χ2v) is 3.58. The molecule has 0 saturated heterocycles. The van der Waals surface area contributed by atoms with Crippen molar-refractivity contribution in [3.63, 3.8) is 0 Å². The fraction of sp³-hybridized carbons (Fsp3) is 0.333. The molecule has 2 N–H and O–H groups in total. The van der Waals surface area contributed by atoms with E-state index in [4.69, 9.17) is 10.5 Å². The molecule has 1 atom stereocenters. The van der Waals surface area contributed by atoms with Crippen LogP contribution in [0.4, 0.5) is 4.39 Å². The van der Waals surface area contributed by atoms with Gasteiger partial charge in [-0.2, -0.15) is 0 Å². The molecule has 0 aliphatic rings. The normalized spacial score (nSPS) is 12.2. The van der Waals surface area contributed by atoms with Crippen molar-refractivity contribution >= 4 is 0 Å². The molecular weight excluding hydrogens is 193 g/mol. The summed E-state index contributed by atoms with van der Waals surface area (Å²) < 4.78 is 18.4. The number of hydrogen-bond acceptors (Lipinski definition) is 2. The van der Waals surface area contributed by atoms with E-state index in [1.54, 1.807) is 12.1 Å². The largest absolute Gasteiger partial charge is 0.489 e. The van der Waals surface area contributed by atoms with Gasteiger partial charge in [-0.05, 0) is 31.0 Å². The third-order valence-corrected chi connectivity index (χ3v) is 1.86. The van der Waals surface area contributed by atoms with Crippen molar-refractivity contribution in [3.05, 3.63) is 42.2 Å². The lowest BCUT2D eigenvalue weighted by molar-refractivity contribution is 0.360. The van der Waals surface area contributed by atoms with Crippen LogP contribution < -0.4 is 10.5 Å². The Balaban J connectivity index is 2.79. The first kappa shape index (κ1) is 11.7. The molecule has 0 aliphatic carbocycles. The van der Waals surface area contributed by atoms with Gasteiger partial charge < -0.3 is 10.5 Å². The van der Waals surface area contributed by atoms with Gasteiger partial charge in [0.15, 0.2) is 0 Å². The predicted molar refractivity (Wildman–Crippen MR) is 59.4 cm³/mol. The Hall–Kier alpha value is -1.35. The van der Waals surface area contributed by atoms with Crippen molar-refractivity contribution in [3.8, 4) is 5.75 Å². The van der Waals surface area contributed by atoms with Crippen molar-refractivity contribution in [2.24, 2.45) is 5.73 Å². The zero-order chi connectivity index (χ0) is 11.3. The number of hydrogen-bond donors (Lipinski definition) is 1. The van der Waals surface area contributed by atoms with Crippen molar-refractivity contribution in [1.82, 2.24) is 0 Å². The van der Waals surface area contributed by atoms with Gasteiger partial charge in [-0.3, -0.25) is 0 Å². The molecule has 82 valence electrons. The standard InChI is InChI=1S/C12H16FNO/c1-3-4-15-12-7-10(5-9(2)14)6-11(13)8-12/h3,6-9H,1,4-5,14H2,2H3. The van der Waals surface area contributed by atoms with Gasteiger partial charge in [-0.25, -0.2) is 4.39 Å². The first-order valence-corrected chi connectivity index (χ1v) is 4.90. The zero-order valence-corrected chi connectivity index (χ0v) is 8.87. The van der Waals surface area contributed by atoms with E-state index >= 15 is 0 Å². The van der Waals surface area contributed by atoms with Crippen LogP contribution in [-0.4, -0.2) is 12.6 Å². The Morgan fingerprint density at radius 1 is 1.53 bits per heavy atom. The number of benzene rings is 1. The molecule has 2 nitrogen and oxygen atoms in total. The van der Waals surface area contributed by atoms with E-state index in [2.05, 4.69) is 6.58 Å². The number of halogens is 1. The molecule has 0 heterocycles. The maximum Gasteiger partial charge on any atom is 0.127 e. The van der Waals surface area contributed by atoms with Crippen LogP contribution in [-0.2, 0) is 6.42 Å². The monoisotopic (exact) mass is 209 g/mol. The minimum Gasteiger partial charge on any atom is -0.489 e. The average Bonchev–Trinajstić information content (AvgIpc) is 2.12. The Bertz CT molecular complexity index is 336. The van der Waals surface area contributed by atoms with Gasteiger partial charge in [-0.1, -0.05) is 12.7 Å². The fourth-order valence-electron chi connectivity index (χ4n) is 1.35. The summed E-state index contributed by atoms with van der Waals surface area (Å²) in [6.45, 7) is 5.79. The molecule has 0 spiro atoms. The van der Waals surface area contributed by atoms with E-state index in [1.807, 2.05) is 6.92 Å². The van der Waals surface area contributed by atoms with Crippen molar-refractivity contribution in [2.75, 3.05) is 6.61 Å². The molecule has 0 aromatic heterocycles. The highest BCUT2D eigenvalue weighted by atomic mass is 19.1. The summed E-state index contributed by atoms with van der Waals surface area (Å²) in [5.74, 6) is 0.220. The van der Waals surface area contributed by atoms with Crippen LogP contribution in [0.15, 0.2) is 30.9 Å². The van der Waals surface area contributed by atoms with Gasteiger partial charge >= 0.3 is 0 Å². The quantitative estimate of drug-likeness (QED) is 0.755. The first-order chi connectivity index (χ1) is 7.11. The van der Waals surface area contributed by atoms with Crippen molar-refractivity contribution < 1.29 is 9.13 Å². The molecule has 0 saturated carbocycles. The second kappa shape index (κ2) is 5.51. The Labute approximate surface area is 89.6 Å². The molecule has 1 unspecified atom stereocenters. The second-order valence-electron chi connectivity index (χ2n) is 3.58. The van der Waals surface area contributed by atoms with E-state index in [0.29, 0.717) is 18.8 Å². The van der Waals surface area contributed by atoms with E-state index < -0.39 is 0 Å². The molecule has 1 aromatic rings. The highest BCUT2D eigenvalue weighted by Gasteiger charge is 2.03. The summed E-state index contributed by atoms with van der Waals surface area (Å²) in [7, 11) is 0. The summed E-state index contributed by atoms with van der Waals surface area (Å²) in [6, 6.07) is 4.65. The fourth-order valence-corrected chi connectivity index (χ4v) is 1.35. The van der Waals surface area contributed by atoms with Gasteiger partial charge in [0, 0.05) is 12.1 Å². The van der Waals surface area contributed by atoms with Crippen LogP contribution in [0, 0.1) is 5.82 Å². The van der Waals surface area contributed by atoms with Gasteiger partial charge in [-0.15, -0.1) is 0 Å². The van der Waals surface area contributed by atoms with Crippen LogP contribution in [0.1, 0.15) is 12.5 Å². The lowest BCUT2D eigenvalue weighted by atomic mass is 10.1. The van der Waals surface area contributed by atoms with Crippen LogP contribution in [0.5, 0.6) is 5.75 Å². The van der Waals surface area contributed by atoms with E-state index in [9.17, 15) is 4.39 Å². The Kier molecular flexibility index (Phi) is 4.31. The smallest absolute Gasteiger partial charge is 0.127 e. The summed E-state index contributed by atoms with van der Waals surface area (Å²) in [5, 5.41) is 0. The molecule has 3 heteroatoms. The summed E-state index contributed by atoms with van der Waals surface area (Å²) in [5.41, 5.74) is 6.50. The lowest BCUT2D eigenvalue weighted by Gasteiger charge is -2.08. The van der Waals surface area contributed by atoms with Crippen molar-refractivity contribution in [2.45, 2.75) is 19.4 Å². The topological polar surface area (TPSA) is 35.2 Å². The average molecular weight is 209 g/mol. The zero-order valence-electron chi connectivity index (χ0n) is 8.87. The van der Waals surface area contributed by atoms with Crippen molar-refractivity contribution in [1.29, 1.82) is 0 Å². The third-order valence-electron chi connectivity index (χ3n) is 1.86. The Morgan fingerprint density at radius 2 is 2.27 bits per heavy atom. The number of nitrogens with two attached hydrogens (primary N) is 1. The minimum atomic E-state index is -0.299. The summed E-state index contributed by atoms with van der Waals surface area (Å²) in [4.78, 5) is 0. The molecule has 0 aliphatic heterocycles. The van der Waals surface area contributed by atoms with Gasteiger partial charge in [0.1, 0.15) is 18.2 Å². The van der Waals surface area contributed by atoms with Gasteiger partial charge in [0.2, 0.25) is 0 Å². The SMILES string of the molecule is C=CCOc1cc(F)cc(CC(C)N)c1. The predicted octanol–water partition coefficient (Wildman–Crippen LogP) is 2.28. The third kappa shape index (κ3) is 4.13. The van der Waals surface area contributed by atoms with Gasteiger partial charge in [0.05, 0.1) is 0 Å². The molecule has 0 radical (unpaired) electrons. The Morgan fingerprint density at radius 3 is 2.87 bits per heavy atom.